The molecule has 0 radical (unpaired) electrons. The van der Waals surface area contributed by atoms with Crippen LogP contribution in [0.4, 0.5) is 0 Å². The fourth-order valence-corrected chi connectivity index (χ4v) is 3.84. The first-order valence-electron chi connectivity index (χ1n) is 9.37. The highest BCUT2D eigenvalue weighted by Gasteiger charge is 2.13. The Balaban J connectivity index is 1.86. The minimum Gasteiger partial charge on any atom is -0.497 e. The summed E-state index contributed by atoms with van der Waals surface area (Å²) >= 11 is 0. The normalized spacial score (nSPS) is 12.4. The van der Waals surface area contributed by atoms with Crippen LogP contribution in [-0.2, 0) is 21.2 Å². The van der Waals surface area contributed by atoms with Crippen molar-refractivity contribution >= 4 is 15.9 Å². The van der Waals surface area contributed by atoms with Gasteiger partial charge in [-0.05, 0) is 55.2 Å². The molecule has 0 saturated carbocycles. The van der Waals surface area contributed by atoms with Crippen molar-refractivity contribution in [1.82, 2.24) is 10.0 Å². The number of carbonyl (C=O) groups excluding carboxylic acids is 1. The second kappa shape index (κ2) is 10.2. The first-order chi connectivity index (χ1) is 13.4. The smallest absolute Gasteiger partial charge is 0.240 e. The third-order valence-corrected chi connectivity index (χ3v) is 5.89. The molecule has 2 N–H and O–H groups in total. The van der Waals surface area contributed by atoms with Crippen LogP contribution in [-0.4, -0.2) is 28.0 Å². The molecule has 2 aromatic rings. The summed E-state index contributed by atoms with van der Waals surface area (Å²) in [6.45, 7) is 4.26. The molecule has 152 valence electrons. The van der Waals surface area contributed by atoms with Gasteiger partial charge in [0.15, 0.2) is 0 Å². The van der Waals surface area contributed by atoms with Gasteiger partial charge in [-0.15, -0.1) is 0 Å². The van der Waals surface area contributed by atoms with Crippen molar-refractivity contribution in [3.8, 4) is 5.75 Å². The van der Waals surface area contributed by atoms with Crippen LogP contribution in [0, 0.1) is 0 Å². The molecule has 2 rings (SSSR count). The Morgan fingerprint density at radius 1 is 1.07 bits per heavy atom. The number of amides is 1. The zero-order valence-electron chi connectivity index (χ0n) is 16.6. The van der Waals surface area contributed by atoms with Crippen LogP contribution in [0.3, 0.4) is 0 Å². The lowest BCUT2D eigenvalue weighted by Crippen LogP contribution is -2.26. The van der Waals surface area contributed by atoms with Gasteiger partial charge >= 0.3 is 0 Å². The van der Waals surface area contributed by atoms with E-state index in [4.69, 9.17) is 4.74 Å². The fraction of sp³-hybridized carbons (Fsp3) is 0.381. The van der Waals surface area contributed by atoms with E-state index in [1.165, 1.54) is 0 Å². The lowest BCUT2D eigenvalue weighted by Gasteiger charge is -2.15. The van der Waals surface area contributed by atoms with E-state index in [2.05, 4.69) is 10.0 Å². The minimum atomic E-state index is -3.46. The van der Waals surface area contributed by atoms with E-state index < -0.39 is 10.0 Å². The summed E-state index contributed by atoms with van der Waals surface area (Å²) in [6.07, 6.45) is 1.62. The van der Waals surface area contributed by atoms with Crippen LogP contribution >= 0.6 is 0 Å². The molecule has 7 heteroatoms. The summed E-state index contributed by atoms with van der Waals surface area (Å²) in [4.78, 5) is 12.5. The fourth-order valence-electron chi connectivity index (χ4n) is 2.70. The van der Waals surface area contributed by atoms with Crippen LogP contribution in [0.1, 0.15) is 43.9 Å². The highest BCUT2D eigenvalue weighted by Crippen LogP contribution is 2.17. The van der Waals surface area contributed by atoms with E-state index in [1.807, 2.05) is 38.1 Å². The first kappa shape index (κ1) is 21.9. The van der Waals surface area contributed by atoms with Gasteiger partial charge in [0.25, 0.3) is 0 Å². The number of benzene rings is 2. The molecule has 0 heterocycles. The standard InChI is InChI=1S/C21H28N2O4S/c1-4-15-22-28(25,26)20-12-5-17(6-13-20)7-14-21(24)23-16(2)18-8-10-19(27-3)11-9-18/h5-6,8-13,16,22H,4,7,14-15H2,1-3H3,(H,23,24)/t16-/m1/s1. The predicted molar refractivity (Wildman–Crippen MR) is 110 cm³/mol. The van der Waals surface area contributed by atoms with Crippen LogP contribution in [0.15, 0.2) is 53.4 Å². The van der Waals surface area contributed by atoms with Crippen molar-refractivity contribution in [2.45, 2.75) is 44.0 Å². The Labute approximate surface area is 167 Å². The molecule has 6 nitrogen and oxygen atoms in total. The summed E-state index contributed by atoms with van der Waals surface area (Å²) in [5.74, 6) is 0.724. The topological polar surface area (TPSA) is 84.5 Å². The molecule has 0 fully saturated rings. The van der Waals surface area contributed by atoms with Gasteiger partial charge in [0.1, 0.15) is 5.75 Å². The van der Waals surface area contributed by atoms with E-state index >= 15 is 0 Å². The van der Waals surface area contributed by atoms with Crippen molar-refractivity contribution in [3.63, 3.8) is 0 Å². The van der Waals surface area contributed by atoms with Crippen molar-refractivity contribution in [2.75, 3.05) is 13.7 Å². The minimum absolute atomic E-state index is 0.0513. The summed E-state index contributed by atoms with van der Waals surface area (Å²) in [5, 5.41) is 2.98. The largest absolute Gasteiger partial charge is 0.497 e. The van der Waals surface area contributed by atoms with Gasteiger partial charge in [-0.2, -0.15) is 0 Å². The molecule has 0 saturated heterocycles. The third-order valence-electron chi connectivity index (χ3n) is 4.41. The SMILES string of the molecule is CCCNS(=O)(=O)c1ccc(CCC(=O)N[C@H](C)c2ccc(OC)cc2)cc1. The van der Waals surface area contributed by atoms with Gasteiger partial charge in [0, 0.05) is 13.0 Å². The maximum absolute atomic E-state index is 12.2. The van der Waals surface area contributed by atoms with Gasteiger partial charge in [-0.3, -0.25) is 4.79 Å². The van der Waals surface area contributed by atoms with Crippen LogP contribution in [0.25, 0.3) is 0 Å². The van der Waals surface area contributed by atoms with Gasteiger partial charge in [-0.1, -0.05) is 31.2 Å². The Kier molecular flexibility index (Phi) is 8.02. The van der Waals surface area contributed by atoms with E-state index in [0.717, 1.165) is 23.3 Å². The number of ether oxygens (including phenoxy) is 1. The van der Waals surface area contributed by atoms with Crippen molar-refractivity contribution < 1.29 is 17.9 Å². The molecule has 1 amide bonds. The van der Waals surface area contributed by atoms with E-state index in [1.54, 1.807) is 31.4 Å². The number of sulfonamides is 1. The van der Waals surface area contributed by atoms with Crippen LogP contribution in [0.5, 0.6) is 5.75 Å². The highest BCUT2D eigenvalue weighted by atomic mass is 32.2. The second-order valence-corrected chi connectivity index (χ2v) is 8.37. The number of rotatable bonds is 10. The van der Waals surface area contributed by atoms with Crippen LogP contribution < -0.4 is 14.8 Å². The monoisotopic (exact) mass is 404 g/mol. The first-order valence-corrected chi connectivity index (χ1v) is 10.9. The third kappa shape index (κ3) is 6.35. The number of hydrogen-bond donors (Lipinski definition) is 2. The maximum atomic E-state index is 12.2. The number of carbonyl (C=O) groups is 1. The van der Waals surface area contributed by atoms with Gasteiger partial charge in [-0.25, -0.2) is 13.1 Å². The molecular weight excluding hydrogens is 376 g/mol. The van der Waals surface area contributed by atoms with Crippen LogP contribution in [0.2, 0.25) is 0 Å². The van der Waals surface area contributed by atoms with E-state index in [-0.39, 0.29) is 16.8 Å². The number of hydrogen-bond acceptors (Lipinski definition) is 4. The number of methoxy groups -OCH3 is 1. The number of nitrogens with one attached hydrogen (secondary N) is 2. The lowest BCUT2D eigenvalue weighted by atomic mass is 10.1. The van der Waals surface area contributed by atoms with Crippen molar-refractivity contribution in [3.05, 3.63) is 59.7 Å². The Morgan fingerprint density at radius 2 is 1.71 bits per heavy atom. The summed E-state index contributed by atoms with van der Waals surface area (Å²) in [7, 11) is -1.85. The van der Waals surface area contributed by atoms with Gasteiger partial charge < -0.3 is 10.1 Å². The molecule has 0 spiro atoms. The van der Waals surface area contributed by atoms with Gasteiger partial charge in [0.05, 0.1) is 18.0 Å². The molecule has 0 aromatic heterocycles. The zero-order valence-corrected chi connectivity index (χ0v) is 17.4. The summed E-state index contributed by atoms with van der Waals surface area (Å²) < 4.78 is 31.8. The lowest BCUT2D eigenvalue weighted by molar-refractivity contribution is -0.121. The molecule has 28 heavy (non-hydrogen) atoms. The molecular formula is C21H28N2O4S. The average molecular weight is 405 g/mol. The Hall–Kier alpha value is -2.38. The summed E-state index contributed by atoms with van der Waals surface area (Å²) in [5.41, 5.74) is 1.92. The molecule has 2 aromatic carbocycles. The van der Waals surface area contributed by atoms with Crippen molar-refractivity contribution in [1.29, 1.82) is 0 Å². The predicted octanol–water partition coefficient (Wildman–Crippen LogP) is 3.19. The Bertz CT molecular complexity index is 862. The molecule has 1 atom stereocenters. The second-order valence-electron chi connectivity index (χ2n) is 6.60. The quantitative estimate of drug-likeness (QED) is 0.637. The maximum Gasteiger partial charge on any atom is 0.240 e. The average Bonchev–Trinajstić information content (AvgIpc) is 2.71. The number of aryl methyl sites for hydroxylation is 1. The molecule has 0 bridgehead atoms. The Morgan fingerprint density at radius 3 is 2.29 bits per heavy atom. The van der Waals surface area contributed by atoms with Crippen molar-refractivity contribution in [2.24, 2.45) is 0 Å². The van der Waals surface area contributed by atoms with E-state index in [0.29, 0.717) is 19.4 Å². The molecule has 0 unspecified atom stereocenters. The highest BCUT2D eigenvalue weighted by molar-refractivity contribution is 7.89. The molecule has 0 aliphatic heterocycles. The van der Waals surface area contributed by atoms with Gasteiger partial charge in [0.2, 0.25) is 15.9 Å². The van der Waals surface area contributed by atoms with E-state index in [9.17, 15) is 13.2 Å². The zero-order chi connectivity index (χ0) is 20.6. The molecule has 0 aliphatic rings. The molecule has 0 aliphatic carbocycles. The summed E-state index contributed by atoms with van der Waals surface area (Å²) in [6, 6.07) is 14.1.